The van der Waals surface area contributed by atoms with Gasteiger partial charge in [0.2, 0.25) is 5.75 Å². The molecule has 0 unspecified atom stereocenters. The largest absolute Gasteiger partial charge is 0.450 e. The van der Waals surface area contributed by atoms with Gasteiger partial charge in [-0.3, -0.25) is 10.1 Å². The number of aryl methyl sites for hydroxylation is 1. The third-order valence-electron chi connectivity index (χ3n) is 2.73. The van der Waals surface area contributed by atoms with Gasteiger partial charge in [-0.2, -0.15) is 0 Å². The molecule has 0 radical (unpaired) electrons. The topological polar surface area (TPSA) is 52.4 Å². The fourth-order valence-corrected chi connectivity index (χ4v) is 2.10. The highest BCUT2D eigenvalue weighted by atomic mass is 79.9. The standard InChI is InChI=1S/C14H11BrFNO3/c1-9-6-10(8-15)2-4-13(9)20-14-5-3-11(16)7-12(14)17(18)19/h2-7H,8H2,1H3. The Morgan fingerprint density at radius 3 is 2.55 bits per heavy atom. The summed E-state index contributed by atoms with van der Waals surface area (Å²) in [5, 5.41) is 11.6. The number of halogens is 2. The number of nitro benzene ring substituents is 1. The maximum absolute atomic E-state index is 13.1. The first kappa shape index (κ1) is 14.5. The molecule has 0 fully saturated rings. The van der Waals surface area contributed by atoms with Crippen LogP contribution in [-0.4, -0.2) is 4.92 Å². The molecule has 0 spiro atoms. The number of hydrogen-bond acceptors (Lipinski definition) is 3. The summed E-state index contributed by atoms with van der Waals surface area (Å²) in [6.45, 7) is 1.84. The molecule has 0 aliphatic heterocycles. The van der Waals surface area contributed by atoms with E-state index in [0.717, 1.165) is 23.3 Å². The molecule has 2 rings (SSSR count). The Kier molecular flexibility index (Phi) is 4.34. The third kappa shape index (κ3) is 3.14. The molecule has 0 aliphatic rings. The van der Waals surface area contributed by atoms with Gasteiger partial charge in [0.15, 0.2) is 0 Å². The second-order valence-electron chi connectivity index (χ2n) is 4.20. The van der Waals surface area contributed by atoms with Crippen molar-refractivity contribution in [3.63, 3.8) is 0 Å². The Balaban J connectivity index is 2.37. The molecular weight excluding hydrogens is 329 g/mol. The van der Waals surface area contributed by atoms with Crippen LogP contribution in [0.1, 0.15) is 11.1 Å². The molecule has 4 nitrogen and oxygen atoms in total. The Labute approximate surface area is 123 Å². The van der Waals surface area contributed by atoms with E-state index in [2.05, 4.69) is 15.9 Å². The van der Waals surface area contributed by atoms with Crippen LogP contribution in [-0.2, 0) is 5.33 Å². The van der Waals surface area contributed by atoms with E-state index in [0.29, 0.717) is 11.1 Å². The normalized spacial score (nSPS) is 10.3. The predicted molar refractivity (Wildman–Crippen MR) is 76.9 cm³/mol. The lowest BCUT2D eigenvalue weighted by atomic mass is 10.1. The van der Waals surface area contributed by atoms with E-state index in [1.54, 1.807) is 6.07 Å². The van der Waals surface area contributed by atoms with Gasteiger partial charge >= 0.3 is 5.69 Å². The van der Waals surface area contributed by atoms with Crippen LogP contribution in [0.3, 0.4) is 0 Å². The fraction of sp³-hybridized carbons (Fsp3) is 0.143. The second-order valence-corrected chi connectivity index (χ2v) is 4.77. The zero-order valence-corrected chi connectivity index (χ0v) is 12.2. The lowest BCUT2D eigenvalue weighted by Gasteiger charge is -2.10. The minimum Gasteiger partial charge on any atom is -0.450 e. The van der Waals surface area contributed by atoms with Crippen molar-refractivity contribution < 1.29 is 14.1 Å². The summed E-state index contributed by atoms with van der Waals surface area (Å²) >= 11 is 3.35. The van der Waals surface area contributed by atoms with Crippen molar-refractivity contribution >= 4 is 21.6 Å². The monoisotopic (exact) mass is 339 g/mol. The third-order valence-corrected chi connectivity index (χ3v) is 3.38. The predicted octanol–water partition coefficient (Wildman–Crippen LogP) is 4.73. The Morgan fingerprint density at radius 2 is 1.95 bits per heavy atom. The van der Waals surface area contributed by atoms with Crippen molar-refractivity contribution in [1.82, 2.24) is 0 Å². The quantitative estimate of drug-likeness (QED) is 0.459. The van der Waals surface area contributed by atoms with E-state index < -0.39 is 16.4 Å². The molecule has 0 N–H and O–H groups in total. The van der Waals surface area contributed by atoms with E-state index in [1.807, 2.05) is 19.1 Å². The van der Waals surface area contributed by atoms with Gasteiger partial charge in [0, 0.05) is 5.33 Å². The van der Waals surface area contributed by atoms with Gasteiger partial charge in [-0.15, -0.1) is 0 Å². The number of alkyl halides is 1. The summed E-state index contributed by atoms with van der Waals surface area (Å²) in [7, 11) is 0. The number of benzene rings is 2. The average Bonchev–Trinajstić information content (AvgIpc) is 2.42. The number of hydrogen-bond donors (Lipinski definition) is 0. The summed E-state index contributed by atoms with van der Waals surface area (Å²) in [6.07, 6.45) is 0. The first-order valence-electron chi connectivity index (χ1n) is 5.78. The maximum Gasteiger partial charge on any atom is 0.314 e. The first-order chi connectivity index (χ1) is 9.51. The summed E-state index contributed by atoms with van der Waals surface area (Å²) in [5.74, 6) is -0.147. The summed E-state index contributed by atoms with van der Waals surface area (Å²) in [6, 6.07) is 8.73. The highest BCUT2D eigenvalue weighted by Crippen LogP contribution is 2.33. The summed E-state index contributed by atoms with van der Waals surface area (Å²) in [5.41, 5.74) is 1.53. The molecule has 0 heterocycles. The van der Waals surface area contributed by atoms with Gasteiger partial charge in [0.05, 0.1) is 11.0 Å². The van der Waals surface area contributed by atoms with Gasteiger partial charge < -0.3 is 4.74 Å². The van der Waals surface area contributed by atoms with Gasteiger partial charge in [0.25, 0.3) is 0 Å². The van der Waals surface area contributed by atoms with E-state index in [-0.39, 0.29) is 5.75 Å². The molecule has 0 aliphatic carbocycles. The first-order valence-corrected chi connectivity index (χ1v) is 6.90. The van der Waals surface area contributed by atoms with E-state index in [9.17, 15) is 14.5 Å². The lowest BCUT2D eigenvalue weighted by molar-refractivity contribution is -0.385. The van der Waals surface area contributed by atoms with Crippen molar-refractivity contribution in [3.8, 4) is 11.5 Å². The van der Waals surface area contributed by atoms with Crippen LogP contribution in [0.4, 0.5) is 10.1 Å². The molecule has 0 atom stereocenters. The molecule has 0 bridgehead atoms. The molecule has 20 heavy (non-hydrogen) atoms. The molecule has 2 aromatic carbocycles. The molecule has 104 valence electrons. The minimum absolute atomic E-state index is 0.0195. The summed E-state index contributed by atoms with van der Waals surface area (Å²) in [4.78, 5) is 10.2. The molecule has 2 aromatic rings. The van der Waals surface area contributed by atoms with Crippen molar-refractivity contribution in [2.24, 2.45) is 0 Å². The van der Waals surface area contributed by atoms with Gasteiger partial charge in [0.1, 0.15) is 11.6 Å². The van der Waals surface area contributed by atoms with E-state index in [1.165, 1.54) is 6.07 Å². The highest BCUT2D eigenvalue weighted by Gasteiger charge is 2.17. The van der Waals surface area contributed by atoms with Crippen molar-refractivity contribution in [2.45, 2.75) is 12.3 Å². The lowest BCUT2D eigenvalue weighted by Crippen LogP contribution is -1.95. The maximum atomic E-state index is 13.1. The molecule has 0 amide bonds. The number of nitrogens with zero attached hydrogens (tertiary/aromatic N) is 1. The Hall–Kier alpha value is -1.95. The molecule has 0 aromatic heterocycles. The molecule has 6 heteroatoms. The van der Waals surface area contributed by atoms with Crippen LogP contribution in [0.2, 0.25) is 0 Å². The minimum atomic E-state index is -0.671. The fourth-order valence-electron chi connectivity index (χ4n) is 1.75. The van der Waals surface area contributed by atoms with Crippen LogP contribution in [0.25, 0.3) is 0 Å². The number of ether oxygens (including phenoxy) is 1. The van der Waals surface area contributed by atoms with Crippen LogP contribution in [0.5, 0.6) is 11.5 Å². The van der Waals surface area contributed by atoms with Crippen LogP contribution < -0.4 is 4.74 Å². The Morgan fingerprint density at radius 1 is 1.25 bits per heavy atom. The zero-order valence-electron chi connectivity index (χ0n) is 10.6. The van der Waals surface area contributed by atoms with Crippen LogP contribution in [0.15, 0.2) is 36.4 Å². The molecule has 0 saturated heterocycles. The average molecular weight is 340 g/mol. The van der Waals surface area contributed by atoms with E-state index >= 15 is 0 Å². The number of rotatable bonds is 4. The molecule has 0 saturated carbocycles. The van der Waals surface area contributed by atoms with Gasteiger partial charge in [-0.1, -0.05) is 28.1 Å². The van der Waals surface area contributed by atoms with Gasteiger partial charge in [-0.25, -0.2) is 4.39 Å². The summed E-state index contributed by atoms with van der Waals surface area (Å²) < 4.78 is 18.6. The van der Waals surface area contributed by atoms with E-state index in [4.69, 9.17) is 4.74 Å². The smallest absolute Gasteiger partial charge is 0.314 e. The highest BCUT2D eigenvalue weighted by molar-refractivity contribution is 9.08. The Bertz CT molecular complexity index is 661. The number of nitro groups is 1. The zero-order chi connectivity index (χ0) is 14.7. The van der Waals surface area contributed by atoms with Crippen molar-refractivity contribution in [3.05, 3.63) is 63.5 Å². The van der Waals surface area contributed by atoms with Crippen molar-refractivity contribution in [1.29, 1.82) is 0 Å². The van der Waals surface area contributed by atoms with Crippen molar-refractivity contribution in [2.75, 3.05) is 0 Å². The molecular formula is C14H11BrFNO3. The van der Waals surface area contributed by atoms with Crippen LogP contribution >= 0.6 is 15.9 Å². The van der Waals surface area contributed by atoms with Gasteiger partial charge in [-0.05, 0) is 36.2 Å². The second kappa shape index (κ2) is 6.00. The SMILES string of the molecule is Cc1cc(CBr)ccc1Oc1ccc(F)cc1[N+](=O)[O-]. The van der Waals surface area contributed by atoms with Crippen LogP contribution in [0, 0.1) is 22.9 Å².